The van der Waals surface area contributed by atoms with Crippen LogP contribution in [0.25, 0.3) is 17.1 Å². The lowest BCUT2D eigenvalue weighted by atomic mass is 10.3. The van der Waals surface area contributed by atoms with Crippen molar-refractivity contribution in [1.29, 1.82) is 0 Å². The summed E-state index contributed by atoms with van der Waals surface area (Å²) in [7, 11) is 0. The summed E-state index contributed by atoms with van der Waals surface area (Å²) in [6.07, 6.45) is 2.74. The number of nitrogen functional groups attached to an aromatic ring is 1. The summed E-state index contributed by atoms with van der Waals surface area (Å²) in [5.41, 5.74) is 6.03. The van der Waals surface area contributed by atoms with Crippen molar-refractivity contribution in [2.75, 3.05) is 5.73 Å². The Morgan fingerprint density at radius 3 is 2.55 bits per heavy atom. The van der Waals surface area contributed by atoms with E-state index in [-0.39, 0.29) is 11.4 Å². The molecule has 2 heterocycles. The van der Waals surface area contributed by atoms with Crippen LogP contribution in [0.3, 0.4) is 0 Å². The van der Waals surface area contributed by atoms with Crippen LogP contribution < -0.4 is 5.73 Å². The van der Waals surface area contributed by atoms with E-state index < -0.39 is 17.5 Å². The molecule has 0 atom stereocenters. The van der Waals surface area contributed by atoms with Crippen LogP contribution >= 0.6 is 0 Å². The van der Waals surface area contributed by atoms with Gasteiger partial charge in [-0.3, -0.25) is 0 Å². The van der Waals surface area contributed by atoms with Crippen molar-refractivity contribution in [3.05, 3.63) is 54.2 Å². The molecule has 0 aliphatic heterocycles. The minimum Gasteiger partial charge on any atom is -0.463 e. The molecule has 20 heavy (non-hydrogen) atoms. The summed E-state index contributed by atoms with van der Waals surface area (Å²) in [6.45, 7) is 0. The van der Waals surface area contributed by atoms with Gasteiger partial charge in [0.1, 0.15) is 5.69 Å². The molecule has 1 aromatic carbocycles. The van der Waals surface area contributed by atoms with Gasteiger partial charge in [0.25, 0.3) is 0 Å². The summed E-state index contributed by atoms with van der Waals surface area (Å²) in [4.78, 5) is 0. The standard InChI is InChI=1S/C13H8F3N3O/c14-7-4-9(16)11(5-8(7)15)19-6-10(17)13(18-19)12-2-1-3-20-12/h1-6H,17H2. The first-order valence-corrected chi connectivity index (χ1v) is 5.60. The third kappa shape index (κ3) is 1.93. The van der Waals surface area contributed by atoms with E-state index in [1.54, 1.807) is 12.1 Å². The maximum atomic E-state index is 13.7. The van der Waals surface area contributed by atoms with Crippen molar-refractivity contribution < 1.29 is 17.6 Å². The Kier molecular flexibility index (Phi) is 2.74. The summed E-state index contributed by atoms with van der Waals surface area (Å²) in [5.74, 6) is -2.99. The van der Waals surface area contributed by atoms with Crippen LogP contribution in [-0.4, -0.2) is 9.78 Å². The lowest BCUT2D eigenvalue weighted by Crippen LogP contribution is -2.01. The van der Waals surface area contributed by atoms with Gasteiger partial charge in [0.15, 0.2) is 28.9 Å². The van der Waals surface area contributed by atoms with Gasteiger partial charge in [-0.1, -0.05) is 0 Å². The minimum absolute atomic E-state index is 0.226. The predicted molar refractivity (Wildman–Crippen MR) is 65.6 cm³/mol. The molecule has 2 N–H and O–H groups in total. The van der Waals surface area contributed by atoms with Crippen molar-refractivity contribution >= 4 is 5.69 Å². The van der Waals surface area contributed by atoms with Crippen LogP contribution in [0.4, 0.5) is 18.9 Å². The molecule has 0 unspecified atom stereocenters. The lowest BCUT2D eigenvalue weighted by Gasteiger charge is -2.03. The van der Waals surface area contributed by atoms with E-state index in [0.717, 1.165) is 4.68 Å². The summed E-state index contributed by atoms with van der Waals surface area (Å²) in [5, 5.41) is 4.02. The van der Waals surface area contributed by atoms with Crippen molar-refractivity contribution in [1.82, 2.24) is 9.78 Å². The highest BCUT2D eigenvalue weighted by molar-refractivity contribution is 5.68. The summed E-state index contributed by atoms with van der Waals surface area (Å²) in [6, 6.07) is 4.44. The average Bonchev–Trinajstić information content (AvgIpc) is 3.02. The van der Waals surface area contributed by atoms with E-state index in [1.165, 1.54) is 12.5 Å². The van der Waals surface area contributed by atoms with Crippen LogP contribution in [0, 0.1) is 17.5 Å². The van der Waals surface area contributed by atoms with Gasteiger partial charge < -0.3 is 10.2 Å². The maximum absolute atomic E-state index is 13.7. The zero-order valence-electron chi connectivity index (χ0n) is 9.98. The first-order valence-electron chi connectivity index (χ1n) is 5.60. The van der Waals surface area contributed by atoms with Gasteiger partial charge >= 0.3 is 0 Å². The zero-order chi connectivity index (χ0) is 14.3. The number of hydrogen-bond acceptors (Lipinski definition) is 3. The summed E-state index contributed by atoms with van der Waals surface area (Å²) < 4.78 is 45.9. The Hall–Kier alpha value is -2.70. The quantitative estimate of drug-likeness (QED) is 0.733. The first-order chi connectivity index (χ1) is 9.56. The fraction of sp³-hybridized carbons (Fsp3) is 0. The number of benzene rings is 1. The monoisotopic (exact) mass is 279 g/mol. The Labute approximate surface area is 111 Å². The molecular weight excluding hydrogens is 271 g/mol. The fourth-order valence-corrected chi connectivity index (χ4v) is 1.80. The number of nitrogens with two attached hydrogens (primary N) is 1. The minimum atomic E-state index is -1.27. The third-order valence-electron chi connectivity index (χ3n) is 2.73. The van der Waals surface area contributed by atoms with Crippen molar-refractivity contribution in [2.24, 2.45) is 0 Å². The normalized spacial score (nSPS) is 10.9. The van der Waals surface area contributed by atoms with Crippen LogP contribution in [0.15, 0.2) is 41.1 Å². The first kappa shape index (κ1) is 12.3. The molecule has 0 saturated carbocycles. The Morgan fingerprint density at radius 1 is 1.10 bits per heavy atom. The molecule has 0 amide bonds. The molecule has 0 spiro atoms. The van der Waals surface area contributed by atoms with Crippen LogP contribution in [0.5, 0.6) is 0 Å². The van der Waals surface area contributed by atoms with Gasteiger partial charge in [-0.15, -0.1) is 0 Å². The van der Waals surface area contributed by atoms with Gasteiger partial charge in [-0.2, -0.15) is 5.10 Å². The third-order valence-corrected chi connectivity index (χ3v) is 2.73. The van der Waals surface area contributed by atoms with Gasteiger partial charge in [0.05, 0.1) is 18.1 Å². The number of furan rings is 1. The summed E-state index contributed by atoms with van der Waals surface area (Å²) >= 11 is 0. The van der Waals surface area contributed by atoms with Crippen LogP contribution in [0.2, 0.25) is 0 Å². The van der Waals surface area contributed by atoms with Gasteiger partial charge in [-0.25, -0.2) is 17.9 Å². The Bertz CT molecular complexity index is 766. The number of hydrogen-bond donors (Lipinski definition) is 1. The highest BCUT2D eigenvalue weighted by atomic mass is 19.2. The molecule has 3 aromatic rings. The molecule has 0 aliphatic carbocycles. The number of halogens is 3. The van der Waals surface area contributed by atoms with E-state index in [4.69, 9.17) is 10.2 Å². The van der Waals surface area contributed by atoms with Crippen LogP contribution in [0.1, 0.15) is 0 Å². The lowest BCUT2D eigenvalue weighted by molar-refractivity contribution is 0.491. The maximum Gasteiger partial charge on any atom is 0.161 e. The zero-order valence-corrected chi connectivity index (χ0v) is 9.98. The number of nitrogens with zero attached hydrogens (tertiary/aromatic N) is 2. The second-order valence-electron chi connectivity index (χ2n) is 4.07. The topological polar surface area (TPSA) is 57.0 Å². The molecular formula is C13H8F3N3O. The van der Waals surface area contributed by atoms with E-state index in [9.17, 15) is 13.2 Å². The predicted octanol–water partition coefficient (Wildman–Crippen LogP) is 3.13. The van der Waals surface area contributed by atoms with E-state index in [1.807, 2.05) is 0 Å². The van der Waals surface area contributed by atoms with Crippen molar-refractivity contribution in [2.45, 2.75) is 0 Å². The smallest absolute Gasteiger partial charge is 0.161 e. The van der Waals surface area contributed by atoms with E-state index in [0.29, 0.717) is 23.6 Å². The highest BCUT2D eigenvalue weighted by Crippen LogP contribution is 2.27. The molecule has 4 nitrogen and oxygen atoms in total. The van der Waals surface area contributed by atoms with Gasteiger partial charge in [0, 0.05) is 12.1 Å². The van der Waals surface area contributed by atoms with Crippen LogP contribution in [-0.2, 0) is 0 Å². The van der Waals surface area contributed by atoms with Crippen molar-refractivity contribution in [3.8, 4) is 17.1 Å². The second kappa shape index (κ2) is 4.44. The molecule has 2 aromatic heterocycles. The van der Waals surface area contributed by atoms with Gasteiger partial charge in [-0.05, 0) is 12.1 Å². The largest absolute Gasteiger partial charge is 0.463 e. The second-order valence-corrected chi connectivity index (χ2v) is 4.07. The molecule has 7 heteroatoms. The Morgan fingerprint density at radius 2 is 1.85 bits per heavy atom. The van der Waals surface area contributed by atoms with E-state index in [2.05, 4.69) is 5.10 Å². The SMILES string of the molecule is Nc1cn(-c2cc(F)c(F)cc2F)nc1-c1ccco1. The molecule has 3 rings (SSSR count). The number of rotatable bonds is 2. The molecule has 0 aliphatic rings. The molecule has 0 fully saturated rings. The molecule has 0 radical (unpaired) electrons. The molecule has 102 valence electrons. The van der Waals surface area contributed by atoms with E-state index >= 15 is 0 Å². The highest BCUT2D eigenvalue weighted by Gasteiger charge is 2.16. The Balaban J connectivity index is 2.13. The molecule has 0 saturated heterocycles. The average molecular weight is 279 g/mol. The molecule has 0 bridgehead atoms. The van der Waals surface area contributed by atoms with Crippen molar-refractivity contribution in [3.63, 3.8) is 0 Å². The van der Waals surface area contributed by atoms with Gasteiger partial charge in [0.2, 0.25) is 0 Å². The fourth-order valence-electron chi connectivity index (χ4n) is 1.80. The number of aromatic nitrogens is 2. The number of anilines is 1.